The van der Waals surface area contributed by atoms with Crippen LogP contribution in [0.2, 0.25) is 0 Å². The van der Waals surface area contributed by atoms with Gasteiger partial charge in [-0.2, -0.15) is 0 Å². The summed E-state index contributed by atoms with van der Waals surface area (Å²) < 4.78 is 48.8. The molecule has 3 aliphatic carbocycles. The molecule has 1 amide bonds. The summed E-state index contributed by atoms with van der Waals surface area (Å²) in [6.45, 7) is 7.13. The number of anilines is 1. The molecule has 9 nitrogen and oxygen atoms in total. The number of nitrogens with one attached hydrogen (secondary N) is 2. The van der Waals surface area contributed by atoms with Crippen LogP contribution < -0.4 is 19.7 Å². The van der Waals surface area contributed by atoms with Gasteiger partial charge in [0.05, 0.1) is 36.8 Å². The highest BCUT2D eigenvalue weighted by Gasteiger charge is 2.50. The quantitative estimate of drug-likeness (QED) is 0.396. The van der Waals surface area contributed by atoms with Crippen molar-refractivity contribution in [2.24, 2.45) is 40.9 Å². The normalized spacial score (nSPS) is 39.9. The van der Waals surface area contributed by atoms with Crippen molar-refractivity contribution in [1.29, 1.82) is 0 Å². The van der Waals surface area contributed by atoms with Gasteiger partial charge in [0, 0.05) is 35.0 Å². The Balaban J connectivity index is 1.25. The fourth-order valence-corrected chi connectivity index (χ4v) is 10.9. The molecule has 1 saturated heterocycles. The first-order valence-corrected chi connectivity index (χ1v) is 20.0. The first kappa shape index (κ1) is 34.3. The second-order valence-corrected chi connectivity index (χ2v) is 18.0. The van der Waals surface area contributed by atoms with E-state index in [1.54, 1.807) is 13.0 Å². The van der Waals surface area contributed by atoms with Gasteiger partial charge in [-0.15, -0.1) is 0 Å². The van der Waals surface area contributed by atoms with E-state index >= 15 is 0 Å². The van der Waals surface area contributed by atoms with E-state index in [9.17, 15) is 13.2 Å². The summed E-state index contributed by atoms with van der Waals surface area (Å²) >= 11 is 6.50. The number of rotatable bonds is 2. The number of hydrogen-bond donors (Lipinski definition) is 2. The second kappa shape index (κ2) is 13.9. The summed E-state index contributed by atoms with van der Waals surface area (Å²) in [7, 11) is -1.95. The molecular weight excluding hydrogens is 650 g/mol. The second-order valence-electron chi connectivity index (χ2n) is 15.5. The molecule has 1 spiro atoms. The smallest absolute Gasteiger partial charge is 0.264 e. The molecule has 3 fully saturated rings. The van der Waals surface area contributed by atoms with Gasteiger partial charge in [0.25, 0.3) is 5.91 Å². The molecule has 3 aliphatic heterocycles. The number of ether oxygens (including phenoxy) is 3. The van der Waals surface area contributed by atoms with Crippen molar-refractivity contribution < 1.29 is 27.4 Å². The zero-order valence-corrected chi connectivity index (χ0v) is 30.1. The number of amides is 1. The van der Waals surface area contributed by atoms with Gasteiger partial charge in [0.2, 0.25) is 10.0 Å². The van der Waals surface area contributed by atoms with E-state index in [0.29, 0.717) is 49.1 Å². The van der Waals surface area contributed by atoms with E-state index in [2.05, 4.69) is 27.1 Å². The van der Waals surface area contributed by atoms with Crippen LogP contribution in [-0.4, -0.2) is 71.9 Å². The highest BCUT2D eigenvalue weighted by Crippen LogP contribution is 2.53. The van der Waals surface area contributed by atoms with Crippen LogP contribution in [0.1, 0.15) is 75.6 Å². The summed E-state index contributed by atoms with van der Waals surface area (Å²) in [5.74, 6) is 1.79. The number of sulfonamides is 1. The lowest BCUT2D eigenvalue weighted by atomic mass is 9.60. The van der Waals surface area contributed by atoms with Crippen molar-refractivity contribution in [3.05, 3.63) is 47.0 Å². The number of carbonyl (C=O) groups excluding carboxylic acids is 1. The van der Waals surface area contributed by atoms with Gasteiger partial charge in [0.15, 0.2) is 6.29 Å². The van der Waals surface area contributed by atoms with Gasteiger partial charge >= 0.3 is 0 Å². The van der Waals surface area contributed by atoms with Gasteiger partial charge < -0.3 is 24.4 Å². The van der Waals surface area contributed by atoms with Crippen LogP contribution in [0.15, 0.2) is 41.5 Å². The van der Waals surface area contributed by atoms with E-state index in [0.717, 1.165) is 80.9 Å². The number of halogens is 1. The molecule has 8 atom stereocenters. The average Bonchev–Trinajstić information content (AvgIpc) is 3.21. The minimum absolute atomic E-state index is 0.118. The predicted octanol–water partition coefficient (Wildman–Crippen LogP) is 5.85. The minimum atomic E-state index is -3.89. The Morgan fingerprint density at radius 2 is 1.85 bits per heavy atom. The molecule has 3 heterocycles. The predicted molar refractivity (Wildman–Crippen MR) is 188 cm³/mol. The molecule has 11 heteroatoms. The molecule has 1 aromatic carbocycles. The van der Waals surface area contributed by atoms with Crippen LogP contribution in [0.5, 0.6) is 5.75 Å². The maximum absolute atomic E-state index is 13.5. The summed E-state index contributed by atoms with van der Waals surface area (Å²) in [6, 6.07) is 5.59. The third kappa shape index (κ3) is 6.69. The summed E-state index contributed by atoms with van der Waals surface area (Å²) in [5.41, 5.74) is 1.07. The maximum atomic E-state index is 13.5. The molecule has 48 heavy (non-hydrogen) atoms. The summed E-state index contributed by atoms with van der Waals surface area (Å²) in [4.78, 5) is 16.0. The van der Waals surface area contributed by atoms with Crippen LogP contribution in [-0.2, 0) is 19.5 Å². The van der Waals surface area contributed by atoms with Crippen molar-refractivity contribution in [3.63, 3.8) is 0 Å². The maximum Gasteiger partial charge on any atom is 0.264 e. The number of allylic oxidation sites excluding steroid dienone is 4. The molecule has 2 bridgehead atoms. The highest BCUT2D eigenvalue weighted by molar-refractivity contribution is 7.90. The zero-order chi connectivity index (χ0) is 33.6. The van der Waals surface area contributed by atoms with Gasteiger partial charge in [-0.05, 0) is 106 Å². The molecule has 0 radical (unpaired) electrons. The van der Waals surface area contributed by atoms with Gasteiger partial charge in [-0.25, -0.2) is 13.1 Å². The molecule has 2 N–H and O–H groups in total. The standard InChI is InChI=1S/C37H52ClN3O6S/c1-23-6-4-8-31(36-45-19-29(39-3)20-46-36)30-12-9-27(30)18-41-21-37(15-5-7-25-16-28(38)11-13-32(25)37)22-47-34-14-10-26(17-33(34)41)35(42)40-48(43,44)24(23)2/h10-11,13-14,16-17,23-25,27,29-32,36,39H,4-9,12,15,18-22H2,1-3H3,(H,40,42)/t23-,24+,25?,27-,29?,30+,31-,32?,36?,37-/m0/s1. The van der Waals surface area contributed by atoms with Gasteiger partial charge in [-0.3, -0.25) is 4.79 Å². The monoisotopic (exact) mass is 701 g/mol. The van der Waals surface area contributed by atoms with Crippen molar-refractivity contribution in [2.75, 3.05) is 44.9 Å². The third-order valence-electron chi connectivity index (χ3n) is 12.7. The summed E-state index contributed by atoms with van der Waals surface area (Å²) in [6.07, 6.45) is 14.3. The van der Waals surface area contributed by atoms with Gasteiger partial charge in [-0.1, -0.05) is 43.5 Å². The average molecular weight is 702 g/mol. The molecule has 2 saturated carbocycles. The number of likely N-dealkylation sites (N-methyl/N-ethyl adjacent to an activating group) is 1. The Morgan fingerprint density at radius 1 is 1.04 bits per heavy atom. The van der Waals surface area contributed by atoms with Crippen LogP contribution in [0.3, 0.4) is 0 Å². The minimum Gasteiger partial charge on any atom is -0.491 e. The molecule has 7 rings (SSSR count). The van der Waals surface area contributed by atoms with Crippen LogP contribution >= 0.6 is 11.6 Å². The number of fused-ring (bicyclic) bond motifs is 4. The largest absolute Gasteiger partial charge is 0.491 e. The Hall–Kier alpha value is -2.11. The first-order valence-electron chi connectivity index (χ1n) is 18.1. The SMILES string of the molecule is CNC1COC([C@H]2CCC[C@H](C)[C@@H](C)S(=O)(=O)NC(=O)c3ccc4c(c3)N(C[C@@H]3CC[C@H]32)C[C@@]2(CCCC3C=C(Cl)C=CC32)CO4)OC1. The molecule has 2 unspecified atom stereocenters. The highest BCUT2D eigenvalue weighted by atomic mass is 35.5. The fraction of sp³-hybridized carbons (Fsp3) is 0.703. The van der Waals surface area contributed by atoms with Crippen LogP contribution in [0, 0.1) is 40.9 Å². The number of nitrogens with zero attached hydrogens (tertiary/aromatic N) is 1. The Morgan fingerprint density at radius 3 is 2.60 bits per heavy atom. The van der Waals surface area contributed by atoms with Crippen molar-refractivity contribution in [2.45, 2.75) is 82.8 Å². The third-order valence-corrected chi connectivity index (χ3v) is 14.8. The number of hydrogen-bond acceptors (Lipinski definition) is 8. The molecular formula is C37H52ClN3O6S. The van der Waals surface area contributed by atoms with Crippen LogP contribution in [0.4, 0.5) is 5.69 Å². The molecule has 0 aromatic heterocycles. The van der Waals surface area contributed by atoms with Gasteiger partial charge in [0.1, 0.15) is 5.75 Å². The van der Waals surface area contributed by atoms with E-state index in [1.807, 2.05) is 32.2 Å². The topological polar surface area (TPSA) is 106 Å². The zero-order valence-electron chi connectivity index (χ0n) is 28.5. The van der Waals surface area contributed by atoms with E-state index in [4.69, 9.17) is 25.8 Å². The Labute approximate surface area is 291 Å². The molecule has 6 aliphatic rings. The lowest BCUT2D eigenvalue weighted by Gasteiger charge is -2.50. The van der Waals surface area contributed by atoms with E-state index < -0.39 is 21.2 Å². The number of carbonyl (C=O) groups is 1. The summed E-state index contributed by atoms with van der Waals surface area (Å²) in [5, 5.41) is 3.37. The molecule has 1 aromatic rings. The van der Waals surface area contributed by atoms with Crippen molar-refractivity contribution in [1.82, 2.24) is 10.0 Å². The fourth-order valence-electron chi connectivity index (χ4n) is 9.41. The number of benzene rings is 1. The van der Waals surface area contributed by atoms with Crippen molar-refractivity contribution >= 4 is 33.2 Å². The van der Waals surface area contributed by atoms with E-state index in [1.165, 1.54) is 0 Å². The van der Waals surface area contributed by atoms with E-state index in [-0.39, 0.29) is 29.6 Å². The Bertz CT molecular complexity index is 1530. The first-order chi connectivity index (χ1) is 23.1. The Kier molecular flexibility index (Phi) is 9.94. The lowest BCUT2D eigenvalue weighted by Crippen LogP contribution is -2.53. The molecule has 264 valence electrons. The van der Waals surface area contributed by atoms with Crippen molar-refractivity contribution in [3.8, 4) is 5.75 Å². The van der Waals surface area contributed by atoms with Crippen LogP contribution in [0.25, 0.3) is 0 Å². The lowest BCUT2D eigenvalue weighted by molar-refractivity contribution is -0.231.